The Labute approximate surface area is 205 Å². The molecule has 10 nitrogen and oxygen atoms in total. The van der Waals surface area contributed by atoms with E-state index >= 15 is 0 Å². The largest absolute Gasteiger partial charge is 0.481 e. The molecule has 3 aromatic rings. The second-order valence-electron chi connectivity index (χ2n) is 7.38. The van der Waals surface area contributed by atoms with Crippen molar-refractivity contribution >= 4 is 29.2 Å². The molecule has 14 heteroatoms. The van der Waals surface area contributed by atoms with Crippen molar-refractivity contribution in [2.45, 2.75) is 26.4 Å². The summed E-state index contributed by atoms with van der Waals surface area (Å²) >= 11 is 6.29. The van der Waals surface area contributed by atoms with Crippen molar-refractivity contribution in [2.75, 3.05) is 6.54 Å². The Bertz CT molecular complexity index is 1340. The average Bonchev–Trinajstić information content (AvgIpc) is 3.16. The van der Waals surface area contributed by atoms with Gasteiger partial charge in [0.25, 0.3) is 5.91 Å². The van der Waals surface area contributed by atoms with Crippen LogP contribution in [0.1, 0.15) is 34.2 Å². The Balaban J connectivity index is 1.98. The van der Waals surface area contributed by atoms with Gasteiger partial charge in [0.1, 0.15) is 17.0 Å². The number of nitro groups is 1. The van der Waals surface area contributed by atoms with E-state index in [0.29, 0.717) is 22.8 Å². The number of hydrogen-bond donors (Lipinski definition) is 1. The molecule has 0 fully saturated rings. The van der Waals surface area contributed by atoms with Crippen LogP contribution in [0.4, 0.5) is 18.9 Å². The second-order valence-corrected chi connectivity index (χ2v) is 7.78. The number of aryl methyl sites for hydroxylation is 1. The molecule has 2 aromatic carbocycles. The van der Waals surface area contributed by atoms with Crippen molar-refractivity contribution in [1.29, 1.82) is 0 Å². The van der Waals surface area contributed by atoms with Gasteiger partial charge in [0.2, 0.25) is 5.75 Å². The van der Waals surface area contributed by atoms with Crippen molar-refractivity contribution < 1.29 is 42.2 Å². The van der Waals surface area contributed by atoms with Crippen LogP contribution in [-0.4, -0.2) is 38.7 Å². The maximum atomic E-state index is 13.3. The van der Waals surface area contributed by atoms with Gasteiger partial charge in [0.15, 0.2) is 0 Å². The van der Waals surface area contributed by atoms with Crippen LogP contribution in [0, 0.1) is 17.0 Å². The van der Waals surface area contributed by atoms with Crippen molar-refractivity contribution in [3.8, 4) is 17.0 Å². The number of rotatable bonds is 8. The number of aromatic nitrogens is 1. The first-order chi connectivity index (χ1) is 16.8. The minimum atomic E-state index is -4.82. The minimum absolute atomic E-state index is 0.00616. The molecule has 0 saturated heterocycles. The van der Waals surface area contributed by atoms with Gasteiger partial charge in [0.05, 0.1) is 28.5 Å². The predicted octanol–water partition coefficient (Wildman–Crippen LogP) is 5.31. The number of aliphatic carboxylic acids is 1. The van der Waals surface area contributed by atoms with Crippen molar-refractivity contribution in [2.24, 2.45) is 0 Å². The second kappa shape index (κ2) is 10.2. The zero-order chi connectivity index (χ0) is 26.8. The monoisotopic (exact) mass is 527 g/mol. The van der Waals surface area contributed by atoms with Crippen LogP contribution in [0.2, 0.25) is 5.02 Å². The molecule has 0 unspecified atom stereocenters. The summed E-state index contributed by atoms with van der Waals surface area (Å²) in [6, 6.07) is 5.97. The molecule has 190 valence electrons. The fourth-order valence-corrected chi connectivity index (χ4v) is 3.54. The average molecular weight is 528 g/mol. The highest BCUT2D eigenvalue weighted by Gasteiger charge is 2.35. The summed E-state index contributed by atoms with van der Waals surface area (Å²) in [5.74, 6) is -2.47. The number of benzene rings is 2. The van der Waals surface area contributed by atoms with Crippen molar-refractivity contribution in [1.82, 2.24) is 10.2 Å². The van der Waals surface area contributed by atoms with Crippen LogP contribution < -0.4 is 4.84 Å². The number of carboxylic acid groups (broad SMARTS) is 1. The first-order valence-electron chi connectivity index (χ1n) is 10.2. The van der Waals surface area contributed by atoms with Gasteiger partial charge in [0, 0.05) is 11.6 Å². The Morgan fingerprint density at radius 3 is 2.50 bits per heavy atom. The third-order valence-corrected chi connectivity index (χ3v) is 5.24. The van der Waals surface area contributed by atoms with Crippen LogP contribution in [0.5, 0.6) is 5.75 Å². The fraction of sp³-hybridized carbons (Fsp3) is 0.227. The lowest BCUT2D eigenvalue weighted by Gasteiger charge is -2.21. The van der Waals surface area contributed by atoms with Gasteiger partial charge in [-0.1, -0.05) is 28.9 Å². The first-order valence-corrected chi connectivity index (χ1v) is 10.5. The summed E-state index contributed by atoms with van der Waals surface area (Å²) in [5, 5.41) is 25.0. The lowest BCUT2D eigenvalue weighted by atomic mass is 10.0. The van der Waals surface area contributed by atoms with Crippen molar-refractivity contribution in [3.63, 3.8) is 0 Å². The highest BCUT2D eigenvalue weighted by Crippen LogP contribution is 2.37. The van der Waals surface area contributed by atoms with E-state index in [9.17, 15) is 32.9 Å². The molecule has 0 saturated carbocycles. The Hall–Kier alpha value is -4.13. The molecular formula is C22H17ClF3N3O7. The molecule has 1 aromatic heterocycles. The van der Waals surface area contributed by atoms with E-state index in [1.807, 2.05) is 0 Å². The summed E-state index contributed by atoms with van der Waals surface area (Å²) in [7, 11) is 0. The number of nitrogens with zero attached hydrogens (tertiary/aromatic N) is 3. The molecule has 36 heavy (non-hydrogen) atoms. The topological polar surface area (TPSA) is 136 Å². The predicted molar refractivity (Wildman–Crippen MR) is 118 cm³/mol. The molecule has 1 amide bonds. The number of halogens is 4. The van der Waals surface area contributed by atoms with Crippen LogP contribution >= 0.6 is 11.6 Å². The minimum Gasteiger partial charge on any atom is -0.481 e. The molecule has 0 bridgehead atoms. The summed E-state index contributed by atoms with van der Waals surface area (Å²) in [5.41, 5.74) is -1.72. The summed E-state index contributed by atoms with van der Waals surface area (Å²) < 4.78 is 44.1. The van der Waals surface area contributed by atoms with E-state index in [2.05, 4.69) is 5.16 Å². The van der Waals surface area contributed by atoms with Gasteiger partial charge >= 0.3 is 17.8 Å². The van der Waals surface area contributed by atoms with Crippen LogP contribution in [-0.2, 0) is 17.4 Å². The standard InChI is InChI=1S/C22H17ClF3N3O7/c1-3-28(36-17-7-5-13(22(24,25)26)10-16(17)29(33)34)21(32)19-11(2)35-27-20(19)14-6-4-12(8-15(14)23)9-18(30)31/h4-8,10H,3,9H2,1-2H3,(H,30,31). The molecular weight excluding hydrogens is 511 g/mol. The molecule has 0 aliphatic carbocycles. The molecule has 0 aliphatic heterocycles. The van der Waals surface area contributed by atoms with E-state index < -0.39 is 40.0 Å². The van der Waals surface area contributed by atoms with E-state index in [1.54, 1.807) is 0 Å². The third-order valence-electron chi connectivity index (χ3n) is 4.93. The normalized spacial score (nSPS) is 11.3. The number of hydroxylamine groups is 2. The zero-order valence-corrected chi connectivity index (χ0v) is 19.4. The van der Waals surface area contributed by atoms with E-state index in [-0.39, 0.29) is 40.6 Å². The maximum absolute atomic E-state index is 13.3. The summed E-state index contributed by atoms with van der Waals surface area (Å²) in [6.45, 7) is 2.74. The Morgan fingerprint density at radius 1 is 1.25 bits per heavy atom. The number of nitro benzene ring substituents is 1. The van der Waals surface area contributed by atoms with Gasteiger partial charge in [-0.3, -0.25) is 19.7 Å². The first kappa shape index (κ1) is 26.5. The highest BCUT2D eigenvalue weighted by atomic mass is 35.5. The van der Waals surface area contributed by atoms with Crippen LogP contribution in [0.15, 0.2) is 40.9 Å². The Kier molecular flexibility index (Phi) is 7.53. The molecule has 1 heterocycles. The van der Waals surface area contributed by atoms with Crippen LogP contribution in [0.25, 0.3) is 11.3 Å². The summed E-state index contributed by atoms with van der Waals surface area (Å²) in [6.07, 6.45) is -5.11. The number of hydrogen-bond acceptors (Lipinski definition) is 7. The van der Waals surface area contributed by atoms with Gasteiger partial charge < -0.3 is 14.5 Å². The lowest BCUT2D eigenvalue weighted by Crippen LogP contribution is -2.34. The van der Waals surface area contributed by atoms with Gasteiger partial charge in [-0.05, 0) is 37.6 Å². The van der Waals surface area contributed by atoms with Gasteiger partial charge in [-0.25, -0.2) is 0 Å². The van der Waals surface area contributed by atoms with E-state index in [4.69, 9.17) is 26.1 Å². The van der Waals surface area contributed by atoms with Crippen LogP contribution in [0.3, 0.4) is 0 Å². The third kappa shape index (κ3) is 5.57. The molecule has 0 radical (unpaired) electrons. The number of carboxylic acids is 1. The number of carbonyl (C=O) groups excluding carboxylic acids is 1. The highest BCUT2D eigenvalue weighted by molar-refractivity contribution is 6.33. The number of amides is 1. The molecule has 1 N–H and O–H groups in total. The van der Waals surface area contributed by atoms with Crippen molar-refractivity contribution in [3.05, 3.63) is 74.0 Å². The molecule has 3 rings (SSSR count). The lowest BCUT2D eigenvalue weighted by molar-refractivity contribution is -0.386. The SMILES string of the molecule is CCN(Oc1ccc(C(F)(F)F)cc1[N+](=O)[O-])C(=O)c1c(-c2ccc(CC(=O)O)cc2Cl)noc1C. The maximum Gasteiger partial charge on any atom is 0.416 e. The number of alkyl halides is 3. The zero-order valence-electron chi connectivity index (χ0n) is 18.6. The van der Waals surface area contributed by atoms with E-state index in [0.717, 1.165) is 6.07 Å². The summed E-state index contributed by atoms with van der Waals surface area (Å²) in [4.78, 5) is 39.9. The van der Waals surface area contributed by atoms with E-state index in [1.165, 1.54) is 32.0 Å². The van der Waals surface area contributed by atoms with Gasteiger partial charge in [-0.2, -0.15) is 18.2 Å². The number of carbonyl (C=O) groups is 2. The molecule has 0 spiro atoms. The quantitative estimate of drug-likeness (QED) is 0.307. The smallest absolute Gasteiger partial charge is 0.416 e. The Morgan fingerprint density at radius 2 is 1.94 bits per heavy atom. The molecule has 0 aliphatic rings. The molecule has 0 atom stereocenters. The fourth-order valence-electron chi connectivity index (χ4n) is 3.25. The van der Waals surface area contributed by atoms with Gasteiger partial charge in [-0.15, -0.1) is 0 Å².